The monoisotopic (exact) mass is 286 g/mol. The van der Waals surface area contributed by atoms with Crippen LogP contribution < -0.4 is 16.6 Å². The normalized spacial score (nSPS) is 10.0. The fourth-order valence-electron chi connectivity index (χ4n) is 1.79. The zero-order valence-corrected chi connectivity index (χ0v) is 11.3. The first-order chi connectivity index (χ1) is 10.0. The Morgan fingerprint density at radius 2 is 1.86 bits per heavy atom. The highest BCUT2D eigenvalue weighted by Gasteiger charge is 2.17. The summed E-state index contributed by atoms with van der Waals surface area (Å²) in [5.74, 6) is 4.77. The van der Waals surface area contributed by atoms with E-state index in [1.54, 1.807) is 12.1 Å². The number of amides is 1. The molecular weight excluding hydrogens is 272 g/mol. The number of nitrogens with one attached hydrogen (secondary N) is 2. The van der Waals surface area contributed by atoms with Crippen LogP contribution in [0.5, 0.6) is 0 Å². The molecule has 0 heterocycles. The zero-order chi connectivity index (χ0) is 15.4. The van der Waals surface area contributed by atoms with Crippen molar-refractivity contribution in [1.82, 2.24) is 0 Å². The Morgan fingerprint density at radius 1 is 1.19 bits per heavy atom. The predicted molar refractivity (Wildman–Crippen MR) is 80.0 cm³/mol. The topological polar surface area (TPSA) is 110 Å². The highest BCUT2D eigenvalue weighted by Crippen LogP contribution is 2.25. The summed E-state index contributed by atoms with van der Waals surface area (Å²) in [5, 5.41) is 13.6. The van der Waals surface area contributed by atoms with Crippen molar-refractivity contribution in [1.29, 1.82) is 0 Å². The van der Waals surface area contributed by atoms with E-state index in [0.717, 1.165) is 5.56 Å². The van der Waals surface area contributed by atoms with Crippen LogP contribution in [0, 0.1) is 17.0 Å². The molecule has 7 nitrogen and oxygen atoms in total. The predicted octanol–water partition coefficient (Wildman–Crippen LogP) is 2.44. The van der Waals surface area contributed by atoms with Gasteiger partial charge in [0.05, 0.1) is 4.92 Å². The van der Waals surface area contributed by atoms with E-state index in [0.29, 0.717) is 5.69 Å². The number of hydrogen-bond donors (Lipinski definition) is 3. The first-order valence-corrected chi connectivity index (χ1v) is 6.14. The van der Waals surface area contributed by atoms with E-state index in [-0.39, 0.29) is 16.9 Å². The molecule has 21 heavy (non-hydrogen) atoms. The lowest BCUT2D eigenvalue weighted by Crippen LogP contribution is -2.14. The van der Waals surface area contributed by atoms with Gasteiger partial charge in [-0.05, 0) is 31.2 Å². The van der Waals surface area contributed by atoms with Gasteiger partial charge in [-0.2, -0.15) is 0 Å². The van der Waals surface area contributed by atoms with Gasteiger partial charge >= 0.3 is 0 Å². The average Bonchev–Trinajstić information content (AvgIpc) is 2.48. The number of nitro groups is 1. The molecule has 2 aromatic carbocycles. The van der Waals surface area contributed by atoms with Gasteiger partial charge in [0, 0.05) is 17.3 Å². The Morgan fingerprint density at radius 3 is 2.43 bits per heavy atom. The van der Waals surface area contributed by atoms with Crippen molar-refractivity contribution >= 4 is 23.0 Å². The third-order valence-electron chi connectivity index (χ3n) is 2.92. The molecule has 108 valence electrons. The van der Waals surface area contributed by atoms with Crippen molar-refractivity contribution in [2.75, 3.05) is 10.7 Å². The second kappa shape index (κ2) is 6.02. The van der Waals surface area contributed by atoms with Crippen LogP contribution in [0.1, 0.15) is 15.9 Å². The molecule has 0 bridgehead atoms. The van der Waals surface area contributed by atoms with Crippen molar-refractivity contribution in [3.05, 3.63) is 63.7 Å². The number of rotatable bonds is 4. The van der Waals surface area contributed by atoms with E-state index in [2.05, 4.69) is 10.7 Å². The molecule has 7 heteroatoms. The highest BCUT2D eigenvalue weighted by molar-refractivity contribution is 6.05. The third-order valence-corrected chi connectivity index (χ3v) is 2.92. The standard InChI is InChI=1S/C14H14N4O3/c1-9-2-5-11(6-3-9)16-14(19)10-4-7-12(17-15)13(8-10)18(20)21/h2-8,17H,15H2,1H3,(H,16,19). The first-order valence-electron chi connectivity index (χ1n) is 6.14. The van der Waals surface area contributed by atoms with E-state index >= 15 is 0 Å². The van der Waals surface area contributed by atoms with Crippen LogP contribution in [0.3, 0.4) is 0 Å². The van der Waals surface area contributed by atoms with Gasteiger partial charge < -0.3 is 10.7 Å². The summed E-state index contributed by atoms with van der Waals surface area (Å²) in [6, 6.07) is 11.3. The number of nitrogens with zero attached hydrogens (tertiary/aromatic N) is 1. The van der Waals surface area contributed by atoms with Gasteiger partial charge in [0.2, 0.25) is 0 Å². The first kappa shape index (κ1) is 14.5. The molecule has 0 aromatic heterocycles. The Bertz CT molecular complexity index is 683. The second-order valence-corrected chi connectivity index (χ2v) is 4.45. The number of nitrogens with two attached hydrogens (primary N) is 1. The lowest BCUT2D eigenvalue weighted by Gasteiger charge is -2.07. The summed E-state index contributed by atoms with van der Waals surface area (Å²) in [6.45, 7) is 1.94. The van der Waals surface area contributed by atoms with E-state index in [1.165, 1.54) is 18.2 Å². The van der Waals surface area contributed by atoms with Gasteiger partial charge in [0.1, 0.15) is 5.69 Å². The minimum Gasteiger partial charge on any atom is -0.322 e. The average molecular weight is 286 g/mol. The van der Waals surface area contributed by atoms with E-state index in [9.17, 15) is 14.9 Å². The molecule has 1 amide bonds. The molecular formula is C14H14N4O3. The van der Waals surface area contributed by atoms with Crippen LogP contribution in [0.15, 0.2) is 42.5 Å². The number of carbonyl (C=O) groups is 1. The number of anilines is 2. The molecule has 0 aliphatic heterocycles. The van der Waals surface area contributed by atoms with Crippen LogP contribution >= 0.6 is 0 Å². The number of carbonyl (C=O) groups excluding carboxylic acids is 1. The number of hydrogen-bond acceptors (Lipinski definition) is 5. The largest absolute Gasteiger partial charge is 0.322 e. The summed E-state index contributed by atoms with van der Waals surface area (Å²) in [6.07, 6.45) is 0. The Labute approximate surface area is 120 Å². The molecule has 0 saturated heterocycles. The SMILES string of the molecule is Cc1ccc(NC(=O)c2ccc(NN)c([N+](=O)[O-])c2)cc1. The van der Waals surface area contributed by atoms with Gasteiger partial charge in [-0.3, -0.25) is 20.8 Å². The van der Waals surface area contributed by atoms with Crippen molar-refractivity contribution in [2.24, 2.45) is 5.84 Å². The molecule has 0 spiro atoms. The van der Waals surface area contributed by atoms with E-state index < -0.39 is 10.8 Å². The Kier molecular flexibility index (Phi) is 4.15. The van der Waals surface area contributed by atoms with Crippen LogP contribution in [0.2, 0.25) is 0 Å². The van der Waals surface area contributed by atoms with Crippen molar-refractivity contribution in [3.63, 3.8) is 0 Å². The summed E-state index contributed by atoms with van der Waals surface area (Å²) < 4.78 is 0. The molecule has 2 aromatic rings. The fraction of sp³-hybridized carbons (Fsp3) is 0.0714. The molecule has 0 atom stereocenters. The zero-order valence-electron chi connectivity index (χ0n) is 11.3. The molecule has 0 aliphatic carbocycles. The minimum atomic E-state index is -0.599. The van der Waals surface area contributed by atoms with Crippen LogP contribution in [0.25, 0.3) is 0 Å². The van der Waals surface area contributed by atoms with Gasteiger partial charge in [0.25, 0.3) is 11.6 Å². The van der Waals surface area contributed by atoms with Gasteiger partial charge in [-0.1, -0.05) is 17.7 Å². The Hall–Kier alpha value is -2.93. The fourth-order valence-corrected chi connectivity index (χ4v) is 1.79. The molecule has 0 unspecified atom stereocenters. The summed E-state index contributed by atoms with van der Waals surface area (Å²) in [5.41, 5.74) is 3.99. The van der Waals surface area contributed by atoms with Gasteiger partial charge in [-0.25, -0.2) is 0 Å². The summed E-state index contributed by atoms with van der Waals surface area (Å²) in [4.78, 5) is 22.4. The van der Waals surface area contributed by atoms with E-state index in [1.807, 2.05) is 19.1 Å². The number of hydrazine groups is 1. The molecule has 0 saturated carbocycles. The number of nitro benzene ring substituents is 1. The van der Waals surface area contributed by atoms with Gasteiger partial charge in [0.15, 0.2) is 0 Å². The quantitative estimate of drug-likeness (QED) is 0.454. The lowest BCUT2D eigenvalue weighted by atomic mass is 10.1. The third kappa shape index (κ3) is 3.34. The molecule has 0 radical (unpaired) electrons. The van der Waals surface area contributed by atoms with E-state index in [4.69, 9.17) is 5.84 Å². The van der Waals surface area contributed by atoms with Crippen molar-refractivity contribution < 1.29 is 9.72 Å². The number of aryl methyl sites for hydroxylation is 1. The van der Waals surface area contributed by atoms with Crippen LogP contribution in [-0.2, 0) is 0 Å². The summed E-state index contributed by atoms with van der Waals surface area (Å²) in [7, 11) is 0. The molecule has 2 rings (SSSR count). The Balaban J connectivity index is 2.25. The maximum absolute atomic E-state index is 12.1. The van der Waals surface area contributed by atoms with Gasteiger partial charge in [-0.15, -0.1) is 0 Å². The number of nitrogen functional groups attached to an aromatic ring is 1. The molecule has 4 N–H and O–H groups in total. The van der Waals surface area contributed by atoms with Crippen LogP contribution in [-0.4, -0.2) is 10.8 Å². The number of benzene rings is 2. The second-order valence-electron chi connectivity index (χ2n) is 4.45. The smallest absolute Gasteiger partial charge is 0.294 e. The maximum Gasteiger partial charge on any atom is 0.294 e. The summed E-state index contributed by atoms with van der Waals surface area (Å²) >= 11 is 0. The molecule has 0 aliphatic rings. The maximum atomic E-state index is 12.1. The molecule has 0 fully saturated rings. The van der Waals surface area contributed by atoms with Crippen molar-refractivity contribution in [2.45, 2.75) is 6.92 Å². The highest BCUT2D eigenvalue weighted by atomic mass is 16.6. The van der Waals surface area contributed by atoms with Crippen LogP contribution in [0.4, 0.5) is 17.1 Å². The lowest BCUT2D eigenvalue weighted by molar-refractivity contribution is -0.384. The van der Waals surface area contributed by atoms with Crippen molar-refractivity contribution in [3.8, 4) is 0 Å². The minimum absolute atomic E-state index is 0.145.